The van der Waals surface area contributed by atoms with Gasteiger partial charge in [-0.05, 0) is 24.8 Å². The van der Waals surface area contributed by atoms with Gasteiger partial charge in [0.2, 0.25) is 0 Å². The van der Waals surface area contributed by atoms with Gasteiger partial charge in [0.15, 0.2) is 6.04 Å². The van der Waals surface area contributed by atoms with E-state index in [2.05, 4.69) is 10.6 Å². The molecule has 3 N–H and O–H groups in total. The first-order valence-electron chi connectivity index (χ1n) is 7.10. The van der Waals surface area contributed by atoms with E-state index in [1.165, 1.54) is 0 Å². The van der Waals surface area contributed by atoms with Gasteiger partial charge in [0.05, 0.1) is 6.10 Å². The maximum atomic E-state index is 11.8. The maximum absolute atomic E-state index is 11.8. The van der Waals surface area contributed by atoms with E-state index in [9.17, 15) is 14.7 Å². The predicted molar refractivity (Wildman–Crippen MR) is 76.9 cm³/mol. The predicted octanol–water partition coefficient (Wildman–Crippen LogP) is 1.68. The summed E-state index contributed by atoms with van der Waals surface area (Å²) in [6.45, 7) is 1.25. The number of nitrogens with one attached hydrogen (secondary N) is 2. The monoisotopic (exact) mass is 292 g/mol. The summed E-state index contributed by atoms with van der Waals surface area (Å²) in [6, 6.07) is 7.09. The van der Waals surface area contributed by atoms with Crippen molar-refractivity contribution in [3.63, 3.8) is 0 Å². The van der Waals surface area contributed by atoms with Crippen molar-refractivity contribution in [3.05, 3.63) is 35.9 Å². The molecule has 1 saturated heterocycles. The molecule has 2 unspecified atom stereocenters. The number of rotatable bonds is 6. The molecule has 0 aromatic heterocycles. The van der Waals surface area contributed by atoms with Crippen molar-refractivity contribution < 1.29 is 19.4 Å². The minimum atomic E-state index is -1.09. The quantitative estimate of drug-likeness (QED) is 0.744. The molecule has 6 nitrogen and oxygen atoms in total. The van der Waals surface area contributed by atoms with Crippen LogP contribution in [0.1, 0.15) is 30.9 Å². The Hall–Kier alpha value is -2.08. The van der Waals surface area contributed by atoms with E-state index in [1.807, 2.05) is 0 Å². The molecule has 1 fully saturated rings. The Morgan fingerprint density at radius 1 is 1.33 bits per heavy atom. The van der Waals surface area contributed by atoms with E-state index in [0.717, 1.165) is 25.9 Å². The zero-order valence-corrected chi connectivity index (χ0v) is 11.7. The van der Waals surface area contributed by atoms with Crippen LogP contribution < -0.4 is 10.6 Å². The third-order valence-corrected chi connectivity index (χ3v) is 3.43. The Balaban J connectivity index is 1.80. The maximum Gasteiger partial charge on any atom is 0.330 e. The van der Waals surface area contributed by atoms with Crippen molar-refractivity contribution in [2.24, 2.45) is 0 Å². The lowest BCUT2D eigenvalue weighted by Crippen LogP contribution is -2.41. The fourth-order valence-corrected chi connectivity index (χ4v) is 2.33. The van der Waals surface area contributed by atoms with Crippen molar-refractivity contribution in [3.8, 4) is 0 Å². The lowest BCUT2D eigenvalue weighted by molar-refractivity contribution is -0.139. The van der Waals surface area contributed by atoms with Gasteiger partial charge >= 0.3 is 12.0 Å². The normalized spacial score (nSPS) is 19.0. The van der Waals surface area contributed by atoms with Gasteiger partial charge in [-0.1, -0.05) is 30.3 Å². The first-order valence-corrected chi connectivity index (χ1v) is 7.10. The fraction of sp³-hybridized carbons (Fsp3) is 0.467. The molecule has 0 spiro atoms. The SMILES string of the molecule is O=C(NCCC1CCCO1)NC(C(=O)O)c1ccccc1. The van der Waals surface area contributed by atoms with Crippen LogP contribution in [0.3, 0.4) is 0 Å². The molecular weight excluding hydrogens is 272 g/mol. The van der Waals surface area contributed by atoms with E-state index < -0.39 is 18.0 Å². The van der Waals surface area contributed by atoms with Gasteiger partial charge < -0.3 is 20.5 Å². The number of amides is 2. The van der Waals surface area contributed by atoms with Crippen LogP contribution in [0.25, 0.3) is 0 Å². The lowest BCUT2D eigenvalue weighted by atomic mass is 10.1. The minimum absolute atomic E-state index is 0.203. The first kappa shape index (κ1) is 15.3. The number of ether oxygens (including phenoxy) is 1. The van der Waals surface area contributed by atoms with Gasteiger partial charge in [0.25, 0.3) is 0 Å². The fourth-order valence-electron chi connectivity index (χ4n) is 2.33. The summed E-state index contributed by atoms with van der Waals surface area (Å²) < 4.78 is 5.46. The Morgan fingerprint density at radius 2 is 2.10 bits per heavy atom. The Labute approximate surface area is 123 Å². The third kappa shape index (κ3) is 4.75. The molecular formula is C15H20N2O4. The number of aliphatic carboxylic acids is 1. The molecule has 0 saturated carbocycles. The van der Waals surface area contributed by atoms with E-state index in [4.69, 9.17) is 4.74 Å². The second kappa shape index (κ2) is 7.64. The highest BCUT2D eigenvalue weighted by molar-refractivity contribution is 5.83. The highest BCUT2D eigenvalue weighted by Gasteiger charge is 2.22. The summed E-state index contributed by atoms with van der Waals surface area (Å²) in [7, 11) is 0. The van der Waals surface area contributed by atoms with E-state index >= 15 is 0 Å². The van der Waals surface area contributed by atoms with Crippen LogP contribution in [0.2, 0.25) is 0 Å². The van der Waals surface area contributed by atoms with Crippen molar-refractivity contribution >= 4 is 12.0 Å². The average molecular weight is 292 g/mol. The van der Waals surface area contributed by atoms with Crippen molar-refractivity contribution in [1.29, 1.82) is 0 Å². The minimum Gasteiger partial charge on any atom is -0.479 e. The lowest BCUT2D eigenvalue weighted by Gasteiger charge is -2.16. The van der Waals surface area contributed by atoms with E-state index in [0.29, 0.717) is 12.1 Å². The number of carboxylic acids is 1. The molecule has 6 heteroatoms. The molecule has 1 aromatic carbocycles. The molecule has 0 radical (unpaired) electrons. The van der Waals surface area contributed by atoms with E-state index in [-0.39, 0.29) is 6.10 Å². The summed E-state index contributed by atoms with van der Waals surface area (Å²) in [6.07, 6.45) is 3.03. The molecule has 0 aliphatic carbocycles. The standard InChI is InChI=1S/C15H20N2O4/c18-14(19)13(11-5-2-1-3-6-11)17-15(20)16-9-8-12-7-4-10-21-12/h1-3,5-6,12-13H,4,7-10H2,(H,18,19)(H2,16,17,20). The molecule has 1 heterocycles. The Kier molecular flexibility index (Phi) is 5.57. The van der Waals surface area contributed by atoms with Crippen LogP contribution in [0.4, 0.5) is 4.79 Å². The Morgan fingerprint density at radius 3 is 2.71 bits per heavy atom. The van der Waals surface area contributed by atoms with Crippen LogP contribution in [0, 0.1) is 0 Å². The largest absolute Gasteiger partial charge is 0.479 e. The zero-order chi connectivity index (χ0) is 15.1. The number of hydrogen-bond acceptors (Lipinski definition) is 3. The van der Waals surface area contributed by atoms with Gasteiger partial charge in [0, 0.05) is 13.2 Å². The molecule has 21 heavy (non-hydrogen) atoms. The van der Waals surface area contributed by atoms with Crippen LogP contribution in [0.15, 0.2) is 30.3 Å². The molecule has 1 aromatic rings. The number of carbonyl (C=O) groups excluding carboxylic acids is 1. The molecule has 2 amide bonds. The third-order valence-electron chi connectivity index (χ3n) is 3.43. The van der Waals surface area contributed by atoms with Gasteiger partial charge in [-0.3, -0.25) is 0 Å². The summed E-state index contributed by atoms with van der Waals surface area (Å²) in [5.74, 6) is -1.09. The van der Waals surface area contributed by atoms with Gasteiger partial charge in [-0.15, -0.1) is 0 Å². The average Bonchev–Trinajstić information content (AvgIpc) is 2.98. The summed E-state index contributed by atoms with van der Waals surface area (Å²) >= 11 is 0. The smallest absolute Gasteiger partial charge is 0.330 e. The summed E-state index contributed by atoms with van der Waals surface area (Å²) in [5.41, 5.74) is 0.541. The number of urea groups is 1. The highest BCUT2D eigenvalue weighted by Crippen LogP contribution is 2.14. The van der Waals surface area contributed by atoms with Crippen LogP contribution in [-0.2, 0) is 9.53 Å². The second-order valence-electron chi connectivity index (χ2n) is 5.01. The number of carbonyl (C=O) groups is 2. The van der Waals surface area contributed by atoms with Gasteiger partial charge in [0.1, 0.15) is 0 Å². The van der Waals surface area contributed by atoms with Crippen molar-refractivity contribution in [1.82, 2.24) is 10.6 Å². The molecule has 114 valence electrons. The molecule has 1 aliphatic heterocycles. The first-order chi connectivity index (χ1) is 10.2. The van der Waals surface area contributed by atoms with Crippen molar-refractivity contribution in [2.45, 2.75) is 31.4 Å². The molecule has 0 bridgehead atoms. The summed E-state index contributed by atoms with van der Waals surface area (Å²) in [4.78, 5) is 23.0. The second-order valence-corrected chi connectivity index (χ2v) is 5.01. The summed E-state index contributed by atoms with van der Waals surface area (Å²) in [5, 5.41) is 14.4. The molecule has 1 aliphatic rings. The Bertz CT molecular complexity index is 472. The molecule has 2 atom stereocenters. The van der Waals surface area contributed by atoms with Crippen LogP contribution >= 0.6 is 0 Å². The van der Waals surface area contributed by atoms with Crippen LogP contribution in [0.5, 0.6) is 0 Å². The number of hydrogen-bond donors (Lipinski definition) is 3. The van der Waals surface area contributed by atoms with Crippen molar-refractivity contribution in [2.75, 3.05) is 13.2 Å². The molecule has 2 rings (SSSR count). The highest BCUT2D eigenvalue weighted by atomic mass is 16.5. The van der Waals surface area contributed by atoms with Crippen LogP contribution in [-0.4, -0.2) is 36.4 Å². The van der Waals surface area contributed by atoms with Gasteiger partial charge in [-0.25, -0.2) is 9.59 Å². The van der Waals surface area contributed by atoms with E-state index in [1.54, 1.807) is 30.3 Å². The topological polar surface area (TPSA) is 87.7 Å². The number of carboxylic acid groups (broad SMARTS) is 1. The zero-order valence-electron chi connectivity index (χ0n) is 11.7. The van der Waals surface area contributed by atoms with Gasteiger partial charge in [-0.2, -0.15) is 0 Å². The number of benzene rings is 1.